The normalized spacial score (nSPS) is 18.9. The molecule has 1 aliphatic heterocycles. The van der Waals surface area contributed by atoms with Gasteiger partial charge in [-0.25, -0.2) is 8.42 Å². The van der Waals surface area contributed by atoms with Gasteiger partial charge < -0.3 is 10.1 Å². The minimum absolute atomic E-state index is 0.270. The first-order valence-corrected chi connectivity index (χ1v) is 9.03. The first-order valence-electron chi connectivity index (χ1n) is 7.14. The fourth-order valence-corrected chi connectivity index (χ4v) is 3.18. The van der Waals surface area contributed by atoms with Crippen LogP contribution in [-0.2, 0) is 14.6 Å². The van der Waals surface area contributed by atoms with Gasteiger partial charge in [-0.1, -0.05) is 19.1 Å². The van der Waals surface area contributed by atoms with Crippen LogP contribution in [0, 0.1) is 0 Å². The van der Waals surface area contributed by atoms with Crippen LogP contribution in [0.25, 0.3) is 0 Å². The Morgan fingerprint density at radius 3 is 2.35 bits per heavy atom. The Morgan fingerprint density at radius 2 is 1.85 bits per heavy atom. The average Bonchev–Trinajstić information content (AvgIpc) is 2.45. The fraction of sp³-hybridized carbons (Fsp3) is 0.600. The predicted molar refractivity (Wildman–Crippen MR) is 79.6 cm³/mol. The van der Waals surface area contributed by atoms with Gasteiger partial charge in [0, 0.05) is 31.6 Å². The third kappa shape index (κ3) is 4.04. The van der Waals surface area contributed by atoms with Crippen molar-refractivity contribution in [3.8, 4) is 0 Å². The third-order valence-electron chi connectivity index (χ3n) is 3.78. The smallest absolute Gasteiger partial charge is 0.175 e. The summed E-state index contributed by atoms with van der Waals surface area (Å²) in [4.78, 5) is 0.377. The van der Waals surface area contributed by atoms with Gasteiger partial charge in [0.05, 0.1) is 4.90 Å². The van der Waals surface area contributed by atoms with E-state index in [-0.39, 0.29) is 6.04 Å². The zero-order valence-electron chi connectivity index (χ0n) is 12.1. The van der Waals surface area contributed by atoms with E-state index in [1.54, 1.807) is 12.1 Å². The van der Waals surface area contributed by atoms with Crippen molar-refractivity contribution in [2.75, 3.05) is 19.5 Å². The van der Waals surface area contributed by atoms with Gasteiger partial charge in [-0.15, -0.1) is 0 Å². The van der Waals surface area contributed by atoms with E-state index in [4.69, 9.17) is 4.74 Å². The van der Waals surface area contributed by atoms with E-state index in [9.17, 15) is 8.42 Å². The lowest BCUT2D eigenvalue weighted by Crippen LogP contribution is -2.37. The van der Waals surface area contributed by atoms with E-state index in [0.29, 0.717) is 10.9 Å². The van der Waals surface area contributed by atoms with Crippen LogP contribution in [0.2, 0.25) is 0 Å². The number of benzene rings is 1. The second kappa shape index (κ2) is 6.70. The molecule has 1 atom stereocenters. The zero-order chi connectivity index (χ0) is 14.6. The highest BCUT2D eigenvalue weighted by Crippen LogP contribution is 2.21. The van der Waals surface area contributed by atoms with Crippen LogP contribution in [0.15, 0.2) is 29.2 Å². The fourth-order valence-electron chi connectivity index (χ4n) is 2.55. The molecule has 0 aliphatic carbocycles. The minimum atomic E-state index is -3.12. The van der Waals surface area contributed by atoms with Gasteiger partial charge in [0.25, 0.3) is 0 Å². The van der Waals surface area contributed by atoms with E-state index in [1.807, 2.05) is 12.1 Å². The van der Waals surface area contributed by atoms with Gasteiger partial charge in [0.2, 0.25) is 0 Å². The molecule has 112 valence electrons. The Morgan fingerprint density at radius 1 is 1.25 bits per heavy atom. The summed E-state index contributed by atoms with van der Waals surface area (Å²) in [6, 6.07) is 7.97. The van der Waals surface area contributed by atoms with Gasteiger partial charge in [0.1, 0.15) is 0 Å². The van der Waals surface area contributed by atoms with Crippen LogP contribution in [0.3, 0.4) is 0 Å². The van der Waals surface area contributed by atoms with Crippen molar-refractivity contribution in [1.82, 2.24) is 5.32 Å². The molecular weight excluding hydrogens is 274 g/mol. The minimum Gasteiger partial charge on any atom is -0.381 e. The molecule has 1 saturated heterocycles. The summed E-state index contributed by atoms with van der Waals surface area (Å²) in [7, 11) is -3.12. The van der Waals surface area contributed by atoms with Crippen LogP contribution >= 0.6 is 0 Å². The second-order valence-electron chi connectivity index (χ2n) is 5.36. The van der Waals surface area contributed by atoms with Crippen LogP contribution < -0.4 is 5.32 Å². The van der Waals surface area contributed by atoms with Crippen molar-refractivity contribution in [3.63, 3.8) is 0 Å². The summed E-state index contributed by atoms with van der Waals surface area (Å²) in [6.45, 7) is 3.78. The molecule has 2 rings (SSSR count). The summed E-state index contributed by atoms with van der Waals surface area (Å²) in [5.41, 5.74) is 1.14. The summed E-state index contributed by atoms with van der Waals surface area (Å²) < 4.78 is 28.3. The Kier molecular flexibility index (Phi) is 5.18. The highest BCUT2D eigenvalue weighted by Gasteiger charge is 2.18. The van der Waals surface area contributed by atoms with Crippen LogP contribution in [0.5, 0.6) is 0 Å². The van der Waals surface area contributed by atoms with Crippen molar-refractivity contribution in [2.45, 2.75) is 43.2 Å². The summed E-state index contributed by atoms with van der Waals surface area (Å²) in [6.07, 6.45) is 4.30. The number of nitrogens with one attached hydrogen (secondary N) is 1. The maximum Gasteiger partial charge on any atom is 0.175 e. The largest absolute Gasteiger partial charge is 0.381 e. The van der Waals surface area contributed by atoms with Crippen molar-refractivity contribution in [2.24, 2.45) is 0 Å². The lowest BCUT2D eigenvalue weighted by Gasteiger charge is -2.28. The summed E-state index contributed by atoms with van der Waals surface area (Å²) >= 11 is 0. The molecule has 5 heteroatoms. The maximum absolute atomic E-state index is 11.5. The van der Waals surface area contributed by atoms with Crippen molar-refractivity contribution < 1.29 is 13.2 Å². The molecule has 0 saturated carbocycles. The van der Waals surface area contributed by atoms with Crippen LogP contribution in [0.1, 0.15) is 37.8 Å². The topological polar surface area (TPSA) is 55.4 Å². The molecule has 0 aromatic heterocycles. The van der Waals surface area contributed by atoms with Crippen molar-refractivity contribution in [1.29, 1.82) is 0 Å². The summed E-state index contributed by atoms with van der Waals surface area (Å²) in [5.74, 6) is 0. The van der Waals surface area contributed by atoms with Crippen molar-refractivity contribution in [3.05, 3.63) is 29.8 Å². The third-order valence-corrected chi connectivity index (χ3v) is 4.91. The number of hydrogen-bond acceptors (Lipinski definition) is 4. The molecule has 4 nitrogen and oxygen atoms in total. The predicted octanol–water partition coefficient (Wildman–Crippen LogP) is 2.31. The molecular formula is C15H23NO3S. The SMILES string of the molecule is CCC(NC1CCOCC1)c1ccc(S(C)(=O)=O)cc1. The zero-order valence-corrected chi connectivity index (χ0v) is 12.9. The molecule has 0 amide bonds. The first-order chi connectivity index (χ1) is 9.50. The molecule has 0 bridgehead atoms. The van der Waals surface area contributed by atoms with E-state index in [1.165, 1.54) is 6.26 Å². The molecule has 1 fully saturated rings. The van der Waals surface area contributed by atoms with Crippen LogP contribution in [-0.4, -0.2) is 33.9 Å². The van der Waals surface area contributed by atoms with Gasteiger partial charge in [-0.3, -0.25) is 0 Å². The van der Waals surface area contributed by atoms with E-state index in [0.717, 1.165) is 38.0 Å². The monoisotopic (exact) mass is 297 g/mol. The van der Waals surface area contributed by atoms with Crippen molar-refractivity contribution >= 4 is 9.84 Å². The lowest BCUT2D eigenvalue weighted by molar-refractivity contribution is 0.0746. The van der Waals surface area contributed by atoms with Crippen LogP contribution in [0.4, 0.5) is 0 Å². The summed E-state index contributed by atoms with van der Waals surface area (Å²) in [5, 5.41) is 3.65. The highest BCUT2D eigenvalue weighted by atomic mass is 32.2. The van der Waals surface area contributed by atoms with Gasteiger partial charge in [-0.05, 0) is 37.0 Å². The Labute approximate surface area is 121 Å². The molecule has 1 aromatic carbocycles. The van der Waals surface area contributed by atoms with Gasteiger partial charge in [-0.2, -0.15) is 0 Å². The lowest BCUT2D eigenvalue weighted by atomic mass is 10.0. The number of hydrogen-bond donors (Lipinski definition) is 1. The number of sulfone groups is 1. The second-order valence-corrected chi connectivity index (χ2v) is 7.37. The molecule has 1 aliphatic rings. The molecule has 1 unspecified atom stereocenters. The quantitative estimate of drug-likeness (QED) is 0.906. The number of rotatable bonds is 5. The molecule has 0 spiro atoms. The van der Waals surface area contributed by atoms with Gasteiger partial charge >= 0.3 is 0 Å². The van der Waals surface area contributed by atoms with E-state index < -0.39 is 9.84 Å². The molecule has 1 N–H and O–H groups in total. The van der Waals surface area contributed by atoms with Gasteiger partial charge in [0.15, 0.2) is 9.84 Å². The van der Waals surface area contributed by atoms with E-state index in [2.05, 4.69) is 12.2 Å². The Balaban J connectivity index is 2.07. The molecule has 0 radical (unpaired) electrons. The molecule has 20 heavy (non-hydrogen) atoms. The van der Waals surface area contributed by atoms with E-state index >= 15 is 0 Å². The first kappa shape index (κ1) is 15.5. The maximum atomic E-state index is 11.5. The average molecular weight is 297 g/mol. The number of ether oxygens (including phenoxy) is 1. The standard InChI is InChI=1S/C15H23NO3S/c1-3-15(16-13-8-10-19-11-9-13)12-4-6-14(7-5-12)20(2,17)18/h4-7,13,15-16H,3,8-11H2,1-2H3. The molecule has 1 aromatic rings. The Bertz CT molecular complexity index is 519. The highest BCUT2D eigenvalue weighted by molar-refractivity contribution is 7.90. The molecule has 1 heterocycles. The Hall–Kier alpha value is -0.910.